The van der Waals surface area contributed by atoms with E-state index in [2.05, 4.69) is 247 Å². The van der Waals surface area contributed by atoms with Crippen LogP contribution in [0.4, 0.5) is 41.6 Å². The van der Waals surface area contributed by atoms with Gasteiger partial charge in [0.2, 0.25) is 0 Å². The van der Waals surface area contributed by atoms with E-state index in [0.29, 0.717) is 21.5 Å². The van der Waals surface area contributed by atoms with Crippen molar-refractivity contribution >= 4 is 40.2 Å². The topological polar surface area (TPSA) is 66.1 Å². The molecule has 9 saturated heterocycles. The van der Waals surface area contributed by atoms with E-state index in [1.165, 1.54) is 191 Å². The molecule has 0 saturated carbocycles. The number of para-hydroxylation sites is 4. The number of likely N-dealkylation sites (tertiary alicyclic amines) is 2. The number of likely N-dealkylation sites (N-methyl/N-ethyl adjacent to an activating group) is 1. The van der Waals surface area contributed by atoms with Crippen LogP contribution in [0.15, 0.2) is 121 Å². The number of rotatable bonds is 5. The lowest BCUT2D eigenvalue weighted by Gasteiger charge is -2.30. The number of alkyl halides is 3. The molecular formula is C81H134F3N9O4S. The molecule has 13 nitrogen and oxygen atoms in total. The molecule has 98 heavy (non-hydrogen) atoms. The number of aryl methyl sites for hydroxylation is 5. The van der Waals surface area contributed by atoms with Crippen molar-refractivity contribution in [3.63, 3.8) is 0 Å². The van der Waals surface area contributed by atoms with Crippen LogP contribution in [0.1, 0.15) is 98.9 Å². The van der Waals surface area contributed by atoms with E-state index in [-0.39, 0.29) is 0 Å². The van der Waals surface area contributed by atoms with E-state index in [0.717, 1.165) is 111 Å². The molecule has 0 aliphatic carbocycles. The Morgan fingerprint density at radius 3 is 0.898 bits per heavy atom. The molecule has 1 atom stereocenters. The standard InChI is InChI=1S/3C11H15NO.2C11H15N.C7H15N.C6H13N.C5H11NO.C5H11NS.3CH3F/c1-10-3-2-4-11(9-10)12-5-7-13-8-6-12;2*1-10-4-2-3-5-11(10)12-6-8-13-9-7-12;2*1-10-6-2-3-7-11(10)12-8-4-5-9-12;1-7-5-3-4-6-8(7)2;1-7-5-3-2-4-6-7;2*1-6-2-4-7-5-3-6;3*1-2/h2-4,9H,5-8H2,1H3;2*2-5H,6-9H2,1H3;2*2-3,6-7H,4-5,8-9H2,1H3;7H,3-6H2,1-2H3;2-6H2,1H3;2*2-5H2,1H3;3*1H3. The fraction of sp³-hybridized carbons (Fsp3) is 0.630. The van der Waals surface area contributed by atoms with Crippen LogP contribution in [0.3, 0.4) is 0 Å². The summed E-state index contributed by atoms with van der Waals surface area (Å²) in [5, 5.41) is 0. The van der Waals surface area contributed by atoms with E-state index < -0.39 is 0 Å². The second kappa shape index (κ2) is 55.6. The molecular weight excluding hydrogens is 1250 g/mol. The molecule has 17 heteroatoms. The molecule has 0 amide bonds. The Balaban J connectivity index is 0.000000287. The number of ether oxygens (including phenoxy) is 4. The summed E-state index contributed by atoms with van der Waals surface area (Å²) in [6.45, 7) is 39.9. The lowest BCUT2D eigenvalue weighted by molar-refractivity contribution is 0.0503. The maximum Gasteiger partial charge on any atom is 0.0785 e. The van der Waals surface area contributed by atoms with Crippen molar-refractivity contribution in [2.75, 3.05) is 250 Å². The molecule has 5 aromatic rings. The van der Waals surface area contributed by atoms with Crippen molar-refractivity contribution in [3.8, 4) is 0 Å². The number of benzene rings is 5. The Bertz CT molecular complexity index is 2510. The van der Waals surface area contributed by atoms with Gasteiger partial charge in [-0.3, -0.25) is 13.2 Å². The fourth-order valence-corrected chi connectivity index (χ4v) is 13.5. The number of nitrogens with zero attached hydrogens (tertiary/aromatic N) is 9. The van der Waals surface area contributed by atoms with E-state index in [1.807, 2.05) is 0 Å². The van der Waals surface area contributed by atoms with Gasteiger partial charge in [0, 0.05) is 138 Å². The van der Waals surface area contributed by atoms with Crippen molar-refractivity contribution in [1.82, 2.24) is 19.6 Å². The smallest absolute Gasteiger partial charge is 0.0785 e. The fourth-order valence-electron chi connectivity index (χ4n) is 12.4. The molecule has 1 unspecified atom stereocenters. The van der Waals surface area contributed by atoms with Gasteiger partial charge >= 0.3 is 0 Å². The van der Waals surface area contributed by atoms with Crippen molar-refractivity contribution in [2.24, 2.45) is 0 Å². The van der Waals surface area contributed by atoms with Gasteiger partial charge in [-0.15, -0.1) is 0 Å². The molecule has 14 rings (SSSR count). The second-order valence-electron chi connectivity index (χ2n) is 26.2. The van der Waals surface area contributed by atoms with Crippen molar-refractivity contribution in [1.29, 1.82) is 0 Å². The molecule has 0 N–H and O–H groups in total. The third-order valence-electron chi connectivity index (χ3n) is 18.6. The zero-order valence-electron chi connectivity index (χ0n) is 63.5. The first kappa shape index (κ1) is 87.1. The van der Waals surface area contributed by atoms with E-state index in [4.69, 9.17) is 18.9 Å². The molecule has 0 radical (unpaired) electrons. The third kappa shape index (κ3) is 36.5. The maximum absolute atomic E-state index is 9.50. The van der Waals surface area contributed by atoms with E-state index in [9.17, 15) is 13.2 Å². The highest BCUT2D eigenvalue weighted by molar-refractivity contribution is 7.99. The van der Waals surface area contributed by atoms with Gasteiger partial charge in [0.1, 0.15) is 0 Å². The van der Waals surface area contributed by atoms with Crippen molar-refractivity contribution in [3.05, 3.63) is 149 Å². The summed E-state index contributed by atoms with van der Waals surface area (Å²) in [7, 11) is 10.2. The Morgan fingerprint density at radius 1 is 0.316 bits per heavy atom. The van der Waals surface area contributed by atoms with Crippen LogP contribution in [0.25, 0.3) is 0 Å². The van der Waals surface area contributed by atoms with Crippen LogP contribution >= 0.6 is 11.8 Å². The Morgan fingerprint density at radius 2 is 0.622 bits per heavy atom. The number of hydrogen-bond donors (Lipinski definition) is 0. The van der Waals surface area contributed by atoms with Crippen LogP contribution in [-0.2, 0) is 18.9 Å². The molecule has 5 aromatic carbocycles. The molecule has 0 bridgehead atoms. The highest BCUT2D eigenvalue weighted by atomic mass is 32.2. The molecule has 554 valence electrons. The number of anilines is 5. The summed E-state index contributed by atoms with van der Waals surface area (Å²) < 4.78 is 49.5. The number of morpholine rings is 4. The Kier molecular flexibility index (Phi) is 49.4. The van der Waals surface area contributed by atoms with Crippen LogP contribution in [0.5, 0.6) is 0 Å². The molecule has 0 spiro atoms. The molecule has 0 aromatic heterocycles. The number of halogens is 3. The normalized spacial score (nSPS) is 19.4. The summed E-state index contributed by atoms with van der Waals surface area (Å²) in [6.07, 6.45) is 13.9. The minimum Gasteiger partial charge on any atom is -0.379 e. The molecule has 9 aliphatic rings. The lowest BCUT2D eigenvalue weighted by atomic mass is 10.1. The van der Waals surface area contributed by atoms with Crippen LogP contribution in [0.2, 0.25) is 0 Å². The summed E-state index contributed by atoms with van der Waals surface area (Å²) in [6, 6.07) is 43.8. The largest absolute Gasteiger partial charge is 0.379 e. The lowest BCUT2D eigenvalue weighted by Crippen LogP contribution is -2.36. The number of thioether (sulfide) groups is 1. The van der Waals surface area contributed by atoms with Gasteiger partial charge in [0.15, 0.2) is 0 Å². The summed E-state index contributed by atoms with van der Waals surface area (Å²) in [5.74, 6) is 2.66. The predicted molar refractivity (Wildman–Crippen MR) is 419 cm³/mol. The predicted octanol–water partition coefficient (Wildman–Crippen LogP) is 15.6. The van der Waals surface area contributed by atoms with Gasteiger partial charge in [0.25, 0.3) is 0 Å². The average molecular weight is 1390 g/mol. The Hall–Kier alpha value is -5.08. The SMILES string of the molecule is CC1CCCCN1C.CF.CF.CF.CN1CCCCC1.CN1CCOCC1.CN1CCSCC1.Cc1cccc(N2CCOCC2)c1.Cc1ccccc1N1CCCC1.Cc1ccccc1N1CCCC1.Cc1ccccc1N1CCOCC1.Cc1ccccc1N1CCOCC1. The zero-order chi connectivity index (χ0) is 71.4. The highest BCUT2D eigenvalue weighted by Gasteiger charge is 2.17. The van der Waals surface area contributed by atoms with Gasteiger partial charge in [0.05, 0.1) is 74.4 Å². The quantitative estimate of drug-likeness (QED) is 0.168. The first-order valence-electron chi connectivity index (χ1n) is 36.7. The summed E-state index contributed by atoms with van der Waals surface area (Å²) >= 11 is 2.06. The minimum atomic E-state index is 0.500. The highest BCUT2D eigenvalue weighted by Crippen LogP contribution is 2.26. The van der Waals surface area contributed by atoms with Gasteiger partial charge in [-0.25, -0.2) is 0 Å². The van der Waals surface area contributed by atoms with E-state index >= 15 is 0 Å². The average Bonchev–Trinajstić information content (AvgIpc) is 1.81. The van der Waals surface area contributed by atoms with Crippen LogP contribution in [0, 0.1) is 34.6 Å². The number of hydrogen-bond acceptors (Lipinski definition) is 14. The van der Waals surface area contributed by atoms with Crippen LogP contribution in [-0.4, -0.2) is 251 Å². The Labute approximate surface area is 599 Å². The van der Waals surface area contributed by atoms with E-state index in [1.54, 1.807) is 0 Å². The first-order chi connectivity index (χ1) is 47.9. The monoisotopic (exact) mass is 1390 g/mol. The third-order valence-corrected chi connectivity index (χ3v) is 19.6. The van der Waals surface area contributed by atoms with Gasteiger partial charge in [-0.1, -0.05) is 97.8 Å². The summed E-state index contributed by atoms with van der Waals surface area (Å²) in [5.41, 5.74) is 13.7. The molecule has 9 fully saturated rings. The van der Waals surface area contributed by atoms with Crippen molar-refractivity contribution < 1.29 is 32.1 Å². The first-order valence-corrected chi connectivity index (χ1v) is 37.8. The number of piperidine rings is 2. The molecule has 9 heterocycles. The zero-order valence-corrected chi connectivity index (χ0v) is 64.3. The van der Waals surface area contributed by atoms with Crippen molar-refractivity contribution in [2.45, 2.75) is 112 Å². The van der Waals surface area contributed by atoms with Gasteiger partial charge in [-0.2, -0.15) is 11.8 Å². The maximum atomic E-state index is 9.50. The van der Waals surface area contributed by atoms with Crippen LogP contribution < -0.4 is 24.5 Å². The minimum absolute atomic E-state index is 0.500. The molecule has 9 aliphatic heterocycles. The van der Waals surface area contributed by atoms with Gasteiger partial charge in [-0.05, 0) is 205 Å². The van der Waals surface area contributed by atoms with Gasteiger partial charge < -0.3 is 63.0 Å². The second-order valence-corrected chi connectivity index (χ2v) is 27.4. The summed E-state index contributed by atoms with van der Waals surface area (Å²) in [4.78, 5) is 21.6.